The molecule has 0 saturated carbocycles. The number of hydrogen-bond donors (Lipinski definition) is 2. The Labute approximate surface area is 178 Å². The average molecular weight is 440 g/mol. The first-order valence-electron chi connectivity index (χ1n) is 9.36. The van der Waals surface area contributed by atoms with Gasteiger partial charge in [-0.15, -0.1) is 0 Å². The van der Waals surface area contributed by atoms with Gasteiger partial charge in [0.25, 0.3) is 5.91 Å². The monoisotopic (exact) mass is 440 g/mol. The third kappa shape index (κ3) is 4.47. The van der Waals surface area contributed by atoms with E-state index in [0.29, 0.717) is 22.6 Å². The molecule has 10 nitrogen and oxygen atoms in total. The zero-order valence-corrected chi connectivity index (χ0v) is 17.8. The van der Waals surface area contributed by atoms with E-state index in [4.69, 9.17) is 4.52 Å². The molecule has 0 saturated heterocycles. The summed E-state index contributed by atoms with van der Waals surface area (Å²) in [5.41, 5.74) is 3.13. The molecule has 11 heteroatoms. The van der Waals surface area contributed by atoms with Crippen LogP contribution in [0.25, 0.3) is 17.0 Å². The van der Waals surface area contributed by atoms with E-state index < -0.39 is 16.1 Å². The van der Waals surface area contributed by atoms with Crippen LogP contribution in [0.5, 0.6) is 0 Å². The molecule has 1 amide bonds. The van der Waals surface area contributed by atoms with E-state index in [9.17, 15) is 13.2 Å². The third-order valence-corrected chi connectivity index (χ3v) is 5.38. The Bertz CT molecular complexity index is 1380. The highest BCUT2D eigenvalue weighted by atomic mass is 32.2. The van der Waals surface area contributed by atoms with Crippen LogP contribution < -0.4 is 10.0 Å². The summed E-state index contributed by atoms with van der Waals surface area (Å²) in [7, 11) is -3.42. The van der Waals surface area contributed by atoms with E-state index in [1.165, 1.54) is 6.20 Å². The molecule has 1 atom stereocenters. The summed E-state index contributed by atoms with van der Waals surface area (Å²) in [6.07, 6.45) is 4.35. The second-order valence-electron chi connectivity index (χ2n) is 7.12. The maximum absolute atomic E-state index is 12.8. The Morgan fingerprint density at radius 3 is 2.81 bits per heavy atom. The third-order valence-electron chi connectivity index (χ3n) is 4.60. The lowest BCUT2D eigenvalue weighted by Crippen LogP contribution is -2.25. The second-order valence-corrected chi connectivity index (χ2v) is 8.90. The van der Waals surface area contributed by atoms with Gasteiger partial charge >= 0.3 is 0 Å². The number of sulfonamides is 1. The minimum Gasteiger partial charge on any atom is -0.337 e. The van der Waals surface area contributed by atoms with E-state index in [1.54, 1.807) is 29.7 Å². The quantitative estimate of drug-likeness (QED) is 0.471. The first-order valence-corrected chi connectivity index (χ1v) is 11.3. The number of benzene rings is 1. The van der Waals surface area contributed by atoms with Crippen molar-refractivity contribution in [2.24, 2.45) is 0 Å². The number of carbonyl (C=O) groups excluding carboxylic acids is 1. The molecule has 3 aromatic heterocycles. The molecule has 0 bridgehead atoms. The molecular weight excluding hydrogens is 420 g/mol. The lowest BCUT2D eigenvalue weighted by molar-refractivity contribution is 0.102. The zero-order chi connectivity index (χ0) is 22.2. The first kappa shape index (κ1) is 20.7. The van der Waals surface area contributed by atoms with Crippen molar-refractivity contribution in [1.82, 2.24) is 24.2 Å². The Hall–Kier alpha value is -3.57. The van der Waals surface area contributed by atoms with Gasteiger partial charge in [-0.25, -0.2) is 18.1 Å². The highest BCUT2D eigenvalue weighted by molar-refractivity contribution is 7.88. The summed E-state index contributed by atoms with van der Waals surface area (Å²) in [5, 5.41) is 6.83. The van der Waals surface area contributed by atoms with Gasteiger partial charge in [-0.3, -0.25) is 9.20 Å². The maximum atomic E-state index is 12.8. The number of anilines is 1. The van der Waals surface area contributed by atoms with Crippen LogP contribution in [-0.2, 0) is 10.0 Å². The van der Waals surface area contributed by atoms with Gasteiger partial charge in [0.05, 0.1) is 18.5 Å². The van der Waals surface area contributed by atoms with Gasteiger partial charge in [-0.05, 0) is 37.6 Å². The minimum absolute atomic E-state index is 0.136. The topological polar surface area (TPSA) is 131 Å². The van der Waals surface area contributed by atoms with Crippen LogP contribution in [0.3, 0.4) is 0 Å². The van der Waals surface area contributed by atoms with Crippen molar-refractivity contribution < 1.29 is 17.7 Å². The number of imidazole rings is 1. The average Bonchev–Trinajstić information content (AvgIpc) is 3.36. The van der Waals surface area contributed by atoms with Gasteiger partial charge in [0.2, 0.25) is 21.7 Å². The van der Waals surface area contributed by atoms with Crippen LogP contribution >= 0.6 is 0 Å². The summed E-state index contributed by atoms with van der Waals surface area (Å²) in [5.74, 6) is 0.110. The van der Waals surface area contributed by atoms with E-state index in [1.807, 2.05) is 31.2 Å². The predicted molar refractivity (Wildman–Crippen MR) is 114 cm³/mol. The van der Waals surface area contributed by atoms with Crippen molar-refractivity contribution in [2.45, 2.75) is 19.9 Å². The van der Waals surface area contributed by atoms with Crippen LogP contribution in [0.1, 0.15) is 34.9 Å². The smallest absolute Gasteiger partial charge is 0.274 e. The molecule has 0 unspecified atom stereocenters. The Morgan fingerprint density at radius 2 is 2.03 bits per heavy atom. The number of fused-ring (bicyclic) bond motifs is 1. The van der Waals surface area contributed by atoms with Gasteiger partial charge in [0.1, 0.15) is 11.3 Å². The Morgan fingerprint density at radius 1 is 1.23 bits per heavy atom. The van der Waals surface area contributed by atoms with E-state index in [0.717, 1.165) is 11.8 Å². The molecule has 0 aliphatic rings. The molecule has 0 radical (unpaired) electrons. The fraction of sp³-hybridized carbons (Fsp3) is 0.200. The molecule has 160 valence electrons. The number of hydrogen-bond acceptors (Lipinski definition) is 7. The fourth-order valence-electron chi connectivity index (χ4n) is 3.08. The largest absolute Gasteiger partial charge is 0.337 e. The van der Waals surface area contributed by atoms with Crippen molar-refractivity contribution >= 4 is 27.3 Å². The molecule has 3 heterocycles. The van der Waals surface area contributed by atoms with Gasteiger partial charge in [-0.2, -0.15) is 4.98 Å². The number of aromatic nitrogens is 4. The molecule has 0 spiro atoms. The molecular formula is C20H20N6O4S. The molecule has 31 heavy (non-hydrogen) atoms. The van der Waals surface area contributed by atoms with Crippen molar-refractivity contribution in [3.63, 3.8) is 0 Å². The molecule has 0 aliphatic carbocycles. The zero-order valence-electron chi connectivity index (χ0n) is 17.0. The number of amides is 1. The van der Waals surface area contributed by atoms with Crippen LogP contribution in [0.2, 0.25) is 0 Å². The number of nitrogens with zero attached hydrogens (tertiary/aromatic N) is 4. The van der Waals surface area contributed by atoms with Crippen LogP contribution in [-0.4, -0.2) is 40.1 Å². The SMILES string of the molecule is Cc1ccc(-c2noc([C@H](C)NS(C)(=O)=O)n2)cc1NC(=O)c1cnc2ccccn12. The fourth-order valence-corrected chi connectivity index (χ4v) is 3.83. The van der Waals surface area contributed by atoms with E-state index in [2.05, 4.69) is 25.2 Å². The minimum atomic E-state index is -3.42. The number of rotatable bonds is 6. The molecule has 2 N–H and O–H groups in total. The molecule has 4 aromatic rings. The second kappa shape index (κ2) is 7.93. The van der Waals surface area contributed by atoms with E-state index >= 15 is 0 Å². The molecule has 0 fully saturated rings. The highest BCUT2D eigenvalue weighted by Gasteiger charge is 2.19. The number of pyridine rings is 1. The van der Waals surface area contributed by atoms with Crippen LogP contribution in [0.4, 0.5) is 5.69 Å². The summed E-state index contributed by atoms with van der Waals surface area (Å²) in [4.78, 5) is 21.3. The van der Waals surface area contributed by atoms with Crippen molar-refractivity contribution in [3.05, 3.63) is 65.9 Å². The summed E-state index contributed by atoms with van der Waals surface area (Å²) >= 11 is 0. The number of carbonyl (C=O) groups is 1. The van der Waals surface area contributed by atoms with Crippen molar-refractivity contribution in [2.75, 3.05) is 11.6 Å². The summed E-state index contributed by atoms with van der Waals surface area (Å²) in [6, 6.07) is 10.2. The lowest BCUT2D eigenvalue weighted by Gasteiger charge is -2.09. The highest BCUT2D eigenvalue weighted by Crippen LogP contribution is 2.25. The van der Waals surface area contributed by atoms with Gasteiger partial charge < -0.3 is 9.84 Å². The van der Waals surface area contributed by atoms with Gasteiger partial charge in [0.15, 0.2) is 0 Å². The van der Waals surface area contributed by atoms with Crippen molar-refractivity contribution in [3.8, 4) is 11.4 Å². The van der Waals surface area contributed by atoms with Crippen LogP contribution in [0.15, 0.2) is 53.3 Å². The maximum Gasteiger partial charge on any atom is 0.274 e. The Kier molecular flexibility index (Phi) is 5.29. The first-order chi connectivity index (χ1) is 14.7. The van der Waals surface area contributed by atoms with Crippen molar-refractivity contribution in [1.29, 1.82) is 0 Å². The number of aryl methyl sites for hydroxylation is 1. The van der Waals surface area contributed by atoms with Gasteiger partial charge in [0, 0.05) is 17.4 Å². The molecule has 0 aliphatic heterocycles. The predicted octanol–water partition coefficient (Wildman–Crippen LogP) is 2.56. The normalized spacial score (nSPS) is 12.7. The standard InChI is InChI=1S/C20H20N6O4S/c1-12-7-8-14(18-23-20(30-24-18)13(2)25-31(3,28)29)10-15(12)22-19(27)16-11-21-17-6-4-5-9-26(16)17/h4-11,13,25H,1-3H3,(H,22,27)/t13-/m0/s1. The lowest BCUT2D eigenvalue weighted by atomic mass is 10.1. The van der Waals surface area contributed by atoms with E-state index in [-0.39, 0.29) is 17.6 Å². The van der Waals surface area contributed by atoms with Gasteiger partial charge in [-0.1, -0.05) is 23.4 Å². The Balaban J connectivity index is 1.59. The summed E-state index contributed by atoms with van der Waals surface area (Å²) < 4.78 is 32.1. The summed E-state index contributed by atoms with van der Waals surface area (Å²) in [6.45, 7) is 3.47. The number of nitrogens with one attached hydrogen (secondary N) is 2. The molecule has 1 aromatic carbocycles. The van der Waals surface area contributed by atoms with Crippen LogP contribution in [0, 0.1) is 6.92 Å². The molecule has 4 rings (SSSR count).